The molecule has 12 heavy (non-hydrogen) atoms. The minimum absolute atomic E-state index is 0. The van der Waals surface area contributed by atoms with Gasteiger partial charge in [-0.05, 0) is 12.3 Å². The molecule has 1 saturated heterocycles. The van der Waals surface area contributed by atoms with Crippen molar-refractivity contribution in [1.29, 1.82) is 0 Å². The lowest BCUT2D eigenvalue weighted by Gasteiger charge is -2.36. The second-order valence-corrected chi connectivity index (χ2v) is 3.61. The number of hydrogen-bond donors (Lipinski definition) is 2. The van der Waals surface area contributed by atoms with Crippen LogP contribution in [0.25, 0.3) is 0 Å². The molecule has 1 rings (SSSR count). The average Bonchev–Trinajstić information content (AvgIpc) is 1.94. The maximum atomic E-state index is 5.87. The van der Waals surface area contributed by atoms with Crippen LogP contribution in [0.1, 0.15) is 20.3 Å². The molecule has 0 radical (unpaired) electrons. The lowest BCUT2D eigenvalue weighted by atomic mass is 9.91. The Hall–Kier alpha value is 0.170. The lowest BCUT2D eigenvalue weighted by molar-refractivity contribution is -0.0331. The first-order chi connectivity index (χ1) is 5.13. The van der Waals surface area contributed by atoms with Gasteiger partial charge in [0.25, 0.3) is 0 Å². The summed E-state index contributed by atoms with van der Waals surface area (Å²) >= 11 is 0. The minimum atomic E-state index is 0. The molecule has 1 fully saturated rings. The summed E-state index contributed by atoms with van der Waals surface area (Å²) in [7, 11) is 0. The van der Waals surface area contributed by atoms with Crippen molar-refractivity contribution in [3.63, 3.8) is 0 Å². The number of halogens is 1. The van der Waals surface area contributed by atoms with Crippen LogP contribution in [0.2, 0.25) is 0 Å². The van der Waals surface area contributed by atoms with E-state index in [9.17, 15) is 0 Å². The van der Waals surface area contributed by atoms with Crippen LogP contribution in [0, 0.1) is 5.92 Å². The molecule has 3 unspecified atom stereocenters. The summed E-state index contributed by atoms with van der Waals surface area (Å²) in [5.41, 5.74) is 11.7. The third-order valence-corrected chi connectivity index (χ3v) is 2.29. The predicted molar refractivity (Wildman–Crippen MR) is 52.4 cm³/mol. The van der Waals surface area contributed by atoms with Crippen LogP contribution in [-0.4, -0.2) is 24.8 Å². The van der Waals surface area contributed by atoms with Gasteiger partial charge < -0.3 is 16.2 Å². The molecule has 0 bridgehead atoms. The van der Waals surface area contributed by atoms with Crippen LogP contribution >= 0.6 is 12.4 Å². The first-order valence-corrected chi connectivity index (χ1v) is 4.25. The maximum absolute atomic E-state index is 5.87. The summed E-state index contributed by atoms with van der Waals surface area (Å²) in [6.07, 6.45) is 1.04. The van der Waals surface area contributed by atoms with E-state index in [2.05, 4.69) is 13.8 Å². The fourth-order valence-corrected chi connectivity index (χ4v) is 1.52. The molecule has 3 nitrogen and oxygen atoms in total. The molecule has 0 aromatic carbocycles. The molecule has 1 aliphatic heterocycles. The van der Waals surface area contributed by atoms with Gasteiger partial charge in [0.15, 0.2) is 0 Å². The van der Waals surface area contributed by atoms with Crippen LogP contribution in [0.15, 0.2) is 0 Å². The van der Waals surface area contributed by atoms with Crippen molar-refractivity contribution in [1.82, 2.24) is 0 Å². The molecule has 3 atom stereocenters. The van der Waals surface area contributed by atoms with E-state index in [1.54, 1.807) is 0 Å². The van der Waals surface area contributed by atoms with Crippen LogP contribution in [-0.2, 0) is 4.74 Å². The molecule has 4 heteroatoms. The Balaban J connectivity index is 0.00000121. The molecular weight excluding hydrogens is 176 g/mol. The van der Waals surface area contributed by atoms with Gasteiger partial charge in [-0.2, -0.15) is 0 Å². The molecule has 74 valence electrons. The zero-order valence-corrected chi connectivity index (χ0v) is 8.51. The second kappa shape index (κ2) is 5.02. The molecule has 0 aromatic rings. The summed E-state index contributed by atoms with van der Waals surface area (Å²) in [6, 6.07) is 0.139. The summed E-state index contributed by atoms with van der Waals surface area (Å²) < 4.78 is 5.52. The van der Waals surface area contributed by atoms with E-state index in [1.165, 1.54) is 0 Å². The first-order valence-electron chi connectivity index (χ1n) is 4.25. The predicted octanol–water partition coefficient (Wildman–Crippen LogP) is 0.508. The van der Waals surface area contributed by atoms with Gasteiger partial charge in [-0.25, -0.2) is 0 Å². The third kappa shape index (κ3) is 2.59. The Kier molecular flexibility index (Phi) is 5.09. The van der Waals surface area contributed by atoms with Gasteiger partial charge in [0.05, 0.1) is 6.10 Å². The standard InChI is InChI=1S/C8H18N2O.ClH/c1-5(2)8-7(10)6(9)3-4-11-8;/h5-8H,3-4,9-10H2,1-2H3;1H. The van der Waals surface area contributed by atoms with Crippen molar-refractivity contribution in [2.45, 2.75) is 38.5 Å². The fraction of sp³-hybridized carbons (Fsp3) is 1.00. The number of hydrogen-bond acceptors (Lipinski definition) is 3. The molecule has 0 amide bonds. The lowest BCUT2D eigenvalue weighted by Crippen LogP contribution is -2.56. The average molecular weight is 195 g/mol. The van der Waals surface area contributed by atoms with Gasteiger partial charge >= 0.3 is 0 Å². The summed E-state index contributed by atoms with van der Waals surface area (Å²) in [4.78, 5) is 0. The Morgan fingerprint density at radius 1 is 1.33 bits per heavy atom. The van der Waals surface area contributed by atoms with Crippen molar-refractivity contribution in [3.8, 4) is 0 Å². The molecule has 1 heterocycles. The van der Waals surface area contributed by atoms with Crippen LogP contribution in [0.5, 0.6) is 0 Å². The van der Waals surface area contributed by atoms with E-state index in [0.717, 1.165) is 13.0 Å². The van der Waals surface area contributed by atoms with E-state index in [4.69, 9.17) is 16.2 Å². The Labute approximate surface area is 80.2 Å². The van der Waals surface area contributed by atoms with Crippen molar-refractivity contribution in [2.75, 3.05) is 6.61 Å². The molecule has 0 aliphatic carbocycles. The van der Waals surface area contributed by atoms with E-state index < -0.39 is 0 Å². The monoisotopic (exact) mass is 194 g/mol. The van der Waals surface area contributed by atoms with Crippen molar-refractivity contribution < 1.29 is 4.74 Å². The third-order valence-electron chi connectivity index (χ3n) is 2.29. The SMILES string of the molecule is CC(C)C1OCCC(N)C1N.Cl. The maximum Gasteiger partial charge on any atom is 0.0763 e. The zero-order chi connectivity index (χ0) is 8.43. The normalized spacial score (nSPS) is 36.2. The highest BCUT2D eigenvalue weighted by atomic mass is 35.5. The van der Waals surface area contributed by atoms with E-state index in [0.29, 0.717) is 5.92 Å². The zero-order valence-electron chi connectivity index (χ0n) is 7.69. The second-order valence-electron chi connectivity index (χ2n) is 3.61. The highest BCUT2D eigenvalue weighted by molar-refractivity contribution is 5.85. The van der Waals surface area contributed by atoms with Gasteiger partial charge in [-0.3, -0.25) is 0 Å². The largest absolute Gasteiger partial charge is 0.376 e. The highest BCUT2D eigenvalue weighted by Gasteiger charge is 2.30. The van der Waals surface area contributed by atoms with E-state index in [-0.39, 0.29) is 30.6 Å². The van der Waals surface area contributed by atoms with Gasteiger partial charge in [0, 0.05) is 18.7 Å². The number of rotatable bonds is 1. The van der Waals surface area contributed by atoms with E-state index in [1.807, 2.05) is 0 Å². The van der Waals surface area contributed by atoms with Crippen molar-refractivity contribution >= 4 is 12.4 Å². The van der Waals surface area contributed by atoms with Gasteiger partial charge in [0.1, 0.15) is 0 Å². The summed E-state index contributed by atoms with van der Waals surface area (Å²) in [5.74, 6) is 0.469. The number of ether oxygens (including phenoxy) is 1. The Morgan fingerprint density at radius 3 is 2.33 bits per heavy atom. The smallest absolute Gasteiger partial charge is 0.0763 e. The molecule has 0 saturated carbocycles. The van der Waals surface area contributed by atoms with E-state index >= 15 is 0 Å². The quantitative estimate of drug-likeness (QED) is 0.640. The molecule has 0 aromatic heterocycles. The molecular formula is C8H19ClN2O. The highest BCUT2D eigenvalue weighted by Crippen LogP contribution is 2.17. The molecule has 4 N–H and O–H groups in total. The van der Waals surface area contributed by atoms with Gasteiger partial charge in [0.2, 0.25) is 0 Å². The molecule has 1 aliphatic rings. The van der Waals surface area contributed by atoms with Crippen molar-refractivity contribution in [2.24, 2.45) is 17.4 Å². The van der Waals surface area contributed by atoms with Gasteiger partial charge in [-0.15, -0.1) is 12.4 Å². The Morgan fingerprint density at radius 2 is 1.92 bits per heavy atom. The minimum Gasteiger partial charge on any atom is -0.376 e. The van der Waals surface area contributed by atoms with Crippen LogP contribution in [0.3, 0.4) is 0 Å². The van der Waals surface area contributed by atoms with Crippen LogP contribution < -0.4 is 11.5 Å². The summed E-state index contributed by atoms with van der Waals surface area (Å²) in [6.45, 7) is 4.99. The van der Waals surface area contributed by atoms with Gasteiger partial charge in [-0.1, -0.05) is 13.8 Å². The fourth-order valence-electron chi connectivity index (χ4n) is 1.52. The number of nitrogens with two attached hydrogens (primary N) is 2. The first kappa shape index (κ1) is 12.2. The Bertz CT molecular complexity index is 132. The topological polar surface area (TPSA) is 61.3 Å². The van der Waals surface area contributed by atoms with Crippen LogP contribution in [0.4, 0.5) is 0 Å². The summed E-state index contributed by atoms with van der Waals surface area (Å²) in [5, 5.41) is 0. The van der Waals surface area contributed by atoms with Crippen molar-refractivity contribution in [3.05, 3.63) is 0 Å². The molecule has 0 spiro atoms.